The van der Waals surface area contributed by atoms with E-state index in [1.807, 2.05) is 0 Å². The molecule has 0 saturated heterocycles. The molecule has 2 N–H and O–H groups in total. The Balaban J connectivity index is 2.61. The van der Waals surface area contributed by atoms with Gasteiger partial charge in [-0.1, -0.05) is 0 Å². The predicted molar refractivity (Wildman–Crippen MR) is 47.4 cm³/mol. The van der Waals surface area contributed by atoms with Crippen molar-refractivity contribution >= 4 is 5.97 Å². The van der Waals surface area contributed by atoms with Crippen LogP contribution < -0.4 is 4.84 Å². The highest BCUT2D eigenvalue weighted by Crippen LogP contribution is 2.18. The van der Waals surface area contributed by atoms with Gasteiger partial charge in [-0.3, -0.25) is 0 Å². The van der Waals surface area contributed by atoms with Gasteiger partial charge >= 0.3 is 5.97 Å². The highest BCUT2D eigenvalue weighted by molar-refractivity contribution is 5.70. The van der Waals surface area contributed by atoms with Crippen LogP contribution in [-0.4, -0.2) is 20.9 Å². The number of hydrogen-bond acceptors (Lipinski definition) is 4. The Morgan fingerprint density at radius 2 is 2.07 bits per heavy atom. The first kappa shape index (κ1) is 9.99. The molecule has 0 aliphatic rings. The van der Waals surface area contributed by atoms with E-state index < -0.39 is 5.97 Å². The smallest absolute Gasteiger partial charge is 0.334 e. The molecule has 0 bridgehead atoms. The van der Waals surface area contributed by atoms with E-state index in [1.165, 1.54) is 12.1 Å². The van der Waals surface area contributed by atoms with Crippen LogP contribution in [0.15, 0.2) is 12.1 Å². The van der Waals surface area contributed by atoms with E-state index >= 15 is 0 Å². The second-order valence-corrected chi connectivity index (χ2v) is 2.51. The minimum Gasteiger partial charge on any atom is -0.492 e. The number of rotatable bonds is 3. The normalized spacial score (nSPS) is 9.36. The van der Waals surface area contributed by atoms with Crippen molar-refractivity contribution in [3.05, 3.63) is 12.1 Å². The summed E-state index contributed by atoms with van der Waals surface area (Å²) < 4.78 is 0.624. The number of carbonyl (C=O) groups is 1. The van der Waals surface area contributed by atoms with Crippen molar-refractivity contribution in [1.82, 2.24) is 4.73 Å². The summed E-state index contributed by atoms with van der Waals surface area (Å²) in [7, 11) is 0. The lowest BCUT2D eigenvalue weighted by atomic mass is 10.3. The highest BCUT2D eigenvalue weighted by atomic mass is 16.7. The maximum atomic E-state index is 11.0. The highest BCUT2D eigenvalue weighted by Gasteiger charge is 2.10. The topological polar surface area (TPSA) is 71.7 Å². The summed E-state index contributed by atoms with van der Waals surface area (Å²) in [5, 5.41) is 18.2. The van der Waals surface area contributed by atoms with E-state index in [4.69, 9.17) is 16.6 Å². The first-order valence-corrected chi connectivity index (χ1v) is 3.89. The van der Waals surface area contributed by atoms with Gasteiger partial charge in [0.05, 0.1) is 6.42 Å². The largest absolute Gasteiger partial charge is 0.492 e. The van der Waals surface area contributed by atoms with Gasteiger partial charge in [-0.2, -0.15) is 0 Å². The van der Waals surface area contributed by atoms with Gasteiger partial charge in [0.1, 0.15) is 0 Å². The Kier molecular flexibility index (Phi) is 3.02. The molecule has 0 saturated carbocycles. The van der Waals surface area contributed by atoms with Crippen molar-refractivity contribution in [2.75, 3.05) is 0 Å². The molecule has 5 nitrogen and oxygen atoms in total. The minimum atomic E-state index is -0.621. The third-order valence-electron chi connectivity index (χ3n) is 1.46. The van der Waals surface area contributed by atoms with Gasteiger partial charge in [0.15, 0.2) is 0 Å². The molecule has 14 heavy (non-hydrogen) atoms. The summed E-state index contributed by atoms with van der Waals surface area (Å²) >= 11 is 0. The van der Waals surface area contributed by atoms with Crippen LogP contribution in [0, 0.1) is 12.3 Å². The van der Waals surface area contributed by atoms with E-state index in [0.29, 0.717) is 4.73 Å². The molecule has 0 fully saturated rings. The molecular formula is C9H9NO4. The molecule has 0 aliphatic heterocycles. The van der Waals surface area contributed by atoms with Gasteiger partial charge in [0.2, 0.25) is 11.8 Å². The lowest BCUT2D eigenvalue weighted by Gasteiger charge is -2.05. The maximum Gasteiger partial charge on any atom is 0.334 e. The molecule has 0 aromatic carbocycles. The number of terminal acetylenes is 1. The second-order valence-electron chi connectivity index (χ2n) is 2.51. The van der Waals surface area contributed by atoms with Crippen LogP contribution in [0.2, 0.25) is 0 Å². The van der Waals surface area contributed by atoms with Gasteiger partial charge in [0.25, 0.3) is 0 Å². The molecule has 1 rings (SSSR count). The maximum absolute atomic E-state index is 11.0. The summed E-state index contributed by atoms with van der Waals surface area (Å²) in [5.41, 5.74) is 0. The van der Waals surface area contributed by atoms with Crippen molar-refractivity contribution in [3.63, 3.8) is 0 Å². The van der Waals surface area contributed by atoms with Crippen LogP contribution in [0.4, 0.5) is 0 Å². The van der Waals surface area contributed by atoms with Crippen LogP contribution in [-0.2, 0) is 4.79 Å². The lowest BCUT2D eigenvalue weighted by molar-refractivity contribution is -0.145. The van der Waals surface area contributed by atoms with Crippen LogP contribution in [0.1, 0.15) is 12.8 Å². The molecule has 1 aromatic rings. The first-order chi connectivity index (χ1) is 6.65. The van der Waals surface area contributed by atoms with Crippen molar-refractivity contribution < 1.29 is 19.8 Å². The van der Waals surface area contributed by atoms with Crippen LogP contribution >= 0.6 is 0 Å². The number of aromatic nitrogens is 1. The number of aromatic hydroxyl groups is 2. The Labute approximate surface area is 80.5 Å². The van der Waals surface area contributed by atoms with Crippen molar-refractivity contribution in [3.8, 4) is 24.1 Å². The molecule has 1 aromatic heterocycles. The molecule has 74 valence electrons. The molecule has 0 amide bonds. The average molecular weight is 195 g/mol. The summed E-state index contributed by atoms with van der Waals surface area (Å²) in [4.78, 5) is 15.6. The zero-order valence-electron chi connectivity index (χ0n) is 7.30. The summed E-state index contributed by atoms with van der Waals surface area (Å²) in [6.07, 6.45) is 5.23. The molecule has 0 unspecified atom stereocenters. The van der Waals surface area contributed by atoms with E-state index in [-0.39, 0.29) is 24.6 Å². The van der Waals surface area contributed by atoms with Crippen molar-refractivity contribution in [2.45, 2.75) is 12.8 Å². The monoisotopic (exact) mass is 195 g/mol. The number of hydrogen-bond donors (Lipinski definition) is 2. The standard InChI is InChI=1S/C9H9NO4/c1-2-3-4-9(13)14-10-7(11)5-6-8(10)12/h1,5-6,11-12H,3-4H2. The van der Waals surface area contributed by atoms with Crippen LogP contribution in [0.5, 0.6) is 11.8 Å². The average Bonchev–Trinajstić information content (AvgIpc) is 2.46. The fourth-order valence-corrected chi connectivity index (χ4v) is 0.817. The second kappa shape index (κ2) is 4.23. The number of nitrogens with zero attached hydrogens (tertiary/aromatic N) is 1. The van der Waals surface area contributed by atoms with Gasteiger partial charge in [-0.25, -0.2) is 4.79 Å². The Morgan fingerprint density at radius 1 is 1.50 bits per heavy atom. The van der Waals surface area contributed by atoms with Gasteiger partial charge in [0, 0.05) is 18.6 Å². The third-order valence-corrected chi connectivity index (χ3v) is 1.46. The predicted octanol–water partition coefficient (Wildman–Crippen LogP) is 0.268. The third kappa shape index (κ3) is 2.20. The molecule has 1 heterocycles. The Bertz CT molecular complexity index is 355. The molecule has 0 atom stereocenters. The quantitative estimate of drug-likeness (QED) is 0.679. The Morgan fingerprint density at radius 3 is 2.57 bits per heavy atom. The van der Waals surface area contributed by atoms with Crippen LogP contribution in [0.25, 0.3) is 0 Å². The molecular weight excluding hydrogens is 186 g/mol. The van der Waals surface area contributed by atoms with E-state index in [9.17, 15) is 4.79 Å². The van der Waals surface area contributed by atoms with Crippen molar-refractivity contribution in [1.29, 1.82) is 0 Å². The van der Waals surface area contributed by atoms with Gasteiger partial charge in [-0.05, 0) is 0 Å². The fourth-order valence-electron chi connectivity index (χ4n) is 0.817. The fraction of sp³-hybridized carbons (Fsp3) is 0.222. The first-order valence-electron chi connectivity index (χ1n) is 3.89. The molecule has 0 spiro atoms. The van der Waals surface area contributed by atoms with Crippen LogP contribution in [0.3, 0.4) is 0 Å². The zero-order valence-corrected chi connectivity index (χ0v) is 7.30. The zero-order chi connectivity index (χ0) is 10.6. The van der Waals surface area contributed by atoms with E-state index in [2.05, 4.69) is 10.8 Å². The Hall–Kier alpha value is -2.09. The van der Waals surface area contributed by atoms with Gasteiger partial charge in [-0.15, -0.1) is 17.1 Å². The molecule has 0 aliphatic carbocycles. The van der Waals surface area contributed by atoms with Gasteiger partial charge < -0.3 is 15.1 Å². The summed E-state index contributed by atoms with van der Waals surface area (Å²) in [6.45, 7) is 0. The molecule has 0 radical (unpaired) electrons. The van der Waals surface area contributed by atoms with E-state index in [0.717, 1.165) is 0 Å². The minimum absolute atomic E-state index is 0.0353. The van der Waals surface area contributed by atoms with Crippen molar-refractivity contribution in [2.24, 2.45) is 0 Å². The van der Waals surface area contributed by atoms with E-state index in [1.54, 1.807) is 0 Å². The molecule has 5 heteroatoms. The number of carbonyl (C=O) groups excluding carboxylic acids is 1. The lowest BCUT2D eigenvalue weighted by Crippen LogP contribution is -2.18. The SMILES string of the molecule is C#CCCC(=O)On1c(O)ccc1O. The summed E-state index contributed by atoms with van der Waals surface area (Å²) in [6, 6.07) is 2.40. The summed E-state index contributed by atoms with van der Waals surface area (Å²) in [5.74, 6) is 0.951.